The predicted molar refractivity (Wildman–Crippen MR) is 86.9 cm³/mol. The van der Waals surface area contributed by atoms with E-state index in [0.29, 0.717) is 38.5 Å². The minimum absolute atomic E-state index is 0.0708. The Morgan fingerprint density at radius 3 is 2.62 bits per heavy atom. The van der Waals surface area contributed by atoms with Gasteiger partial charge in [-0.1, -0.05) is 12.1 Å². The van der Waals surface area contributed by atoms with Crippen LogP contribution in [0.2, 0.25) is 0 Å². The number of carbonyl (C=O) groups excluding carboxylic acids is 2. The number of phenolic OH excluding ortho intramolecular Hbond substituents is 1. The summed E-state index contributed by atoms with van der Waals surface area (Å²) in [6, 6.07) is 7.27. The van der Waals surface area contributed by atoms with Crippen molar-refractivity contribution < 1.29 is 19.4 Å². The lowest BCUT2D eigenvalue weighted by atomic mass is 9.87. The van der Waals surface area contributed by atoms with E-state index < -0.39 is 0 Å². The lowest BCUT2D eigenvalue weighted by Gasteiger charge is -2.46. The molecule has 6 heteroatoms. The first-order valence-electron chi connectivity index (χ1n) is 8.56. The maximum atomic E-state index is 12.7. The first kappa shape index (κ1) is 15.4. The molecule has 2 amide bonds. The molecule has 24 heavy (non-hydrogen) atoms. The fourth-order valence-electron chi connectivity index (χ4n) is 3.94. The van der Waals surface area contributed by atoms with E-state index in [4.69, 9.17) is 4.74 Å². The summed E-state index contributed by atoms with van der Waals surface area (Å²) in [6.07, 6.45) is 1.48. The highest BCUT2D eigenvalue weighted by molar-refractivity contribution is 5.81. The highest BCUT2D eigenvalue weighted by atomic mass is 16.5. The van der Waals surface area contributed by atoms with Crippen molar-refractivity contribution in [3.05, 3.63) is 29.8 Å². The highest BCUT2D eigenvalue weighted by Crippen LogP contribution is 2.31. The summed E-state index contributed by atoms with van der Waals surface area (Å²) in [6.45, 7) is 2.98. The minimum atomic E-state index is 0.0708. The lowest BCUT2D eigenvalue weighted by Crippen LogP contribution is -2.58. The molecule has 0 unspecified atom stereocenters. The molecule has 0 saturated carbocycles. The van der Waals surface area contributed by atoms with E-state index in [1.54, 1.807) is 12.1 Å². The van der Waals surface area contributed by atoms with Gasteiger partial charge in [-0.2, -0.15) is 0 Å². The van der Waals surface area contributed by atoms with Crippen LogP contribution in [-0.4, -0.2) is 65.6 Å². The van der Waals surface area contributed by atoms with E-state index in [0.717, 1.165) is 12.0 Å². The highest BCUT2D eigenvalue weighted by Gasteiger charge is 2.40. The molecule has 1 aromatic rings. The van der Waals surface area contributed by atoms with Crippen molar-refractivity contribution >= 4 is 11.8 Å². The van der Waals surface area contributed by atoms with Crippen molar-refractivity contribution in [3.63, 3.8) is 0 Å². The molecule has 0 aromatic heterocycles. The Hall–Kier alpha value is -2.08. The summed E-state index contributed by atoms with van der Waals surface area (Å²) in [7, 11) is 0. The van der Waals surface area contributed by atoms with Gasteiger partial charge in [0.05, 0.1) is 6.10 Å². The summed E-state index contributed by atoms with van der Waals surface area (Å²) in [5, 5.41) is 9.35. The van der Waals surface area contributed by atoms with Crippen LogP contribution in [0.25, 0.3) is 0 Å². The summed E-state index contributed by atoms with van der Waals surface area (Å²) < 4.78 is 5.59. The Bertz CT molecular complexity index is 639. The Balaban J connectivity index is 1.32. The number of benzene rings is 1. The Kier molecular flexibility index (Phi) is 3.92. The fourth-order valence-corrected chi connectivity index (χ4v) is 3.94. The quantitative estimate of drug-likeness (QED) is 0.849. The van der Waals surface area contributed by atoms with Gasteiger partial charge in [0.2, 0.25) is 0 Å². The average molecular weight is 330 g/mol. The van der Waals surface area contributed by atoms with E-state index in [-0.39, 0.29) is 36.2 Å². The number of carbonyl (C=O) groups is 2. The van der Waals surface area contributed by atoms with Crippen LogP contribution >= 0.6 is 0 Å². The number of Topliss-reactive ketones (excluding diaryl/α,β-unsaturated/α-hetero) is 1. The number of urea groups is 1. The second kappa shape index (κ2) is 6.09. The van der Waals surface area contributed by atoms with Gasteiger partial charge in [0.25, 0.3) is 0 Å². The number of nitrogens with zero attached hydrogens (tertiary/aromatic N) is 2. The van der Waals surface area contributed by atoms with E-state index in [2.05, 4.69) is 0 Å². The van der Waals surface area contributed by atoms with Gasteiger partial charge in [-0.3, -0.25) is 4.79 Å². The van der Waals surface area contributed by atoms with Crippen LogP contribution in [0.1, 0.15) is 24.3 Å². The molecule has 0 aliphatic carbocycles. The number of amides is 2. The summed E-state index contributed by atoms with van der Waals surface area (Å²) in [5.74, 6) is 0.893. The van der Waals surface area contributed by atoms with Gasteiger partial charge in [0, 0.05) is 44.4 Å². The summed E-state index contributed by atoms with van der Waals surface area (Å²) in [4.78, 5) is 28.0. The molecule has 3 aliphatic rings. The smallest absolute Gasteiger partial charge is 0.320 e. The second-order valence-electron chi connectivity index (χ2n) is 7.06. The zero-order valence-electron chi connectivity index (χ0n) is 13.6. The lowest BCUT2D eigenvalue weighted by molar-refractivity contribution is -0.140. The number of piperidine rings is 1. The summed E-state index contributed by atoms with van der Waals surface area (Å²) >= 11 is 0. The van der Waals surface area contributed by atoms with Gasteiger partial charge in [-0.25, -0.2) is 4.79 Å². The van der Waals surface area contributed by atoms with Crippen molar-refractivity contribution in [2.24, 2.45) is 5.92 Å². The normalized spacial score (nSPS) is 27.6. The number of hydrogen-bond acceptors (Lipinski definition) is 4. The first-order chi connectivity index (χ1) is 11.6. The third kappa shape index (κ3) is 2.86. The van der Waals surface area contributed by atoms with E-state index >= 15 is 0 Å². The predicted octanol–water partition coefficient (Wildman–Crippen LogP) is 1.59. The number of rotatable bonds is 1. The van der Waals surface area contributed by atoms with Crippen molar-refractivity contribution in [3.8, 4) is 5.75 Å². The Morgan fingerprint density at radius 2 is 1.88 bits per heavy atom. The molecular weight excluding hydrogens is 308 g/mol. The number of fused-ring (bicyclic) bond motifs is 1. The van der Waals surface area contributed by atoms with E-state index in [1.807, 2.05) is 21.9 Å². The van der Waals surface area contributed by atoms with Crippen molar-refractivity contribution in [1.29, 1.82) is 0 Å². The summed E-state index contributed by atoms with van der Waals surface area (Å²) in [5.41, 5.74) is 1.15. The molecule has 3 aliphatic heterocycles. The van der Waals surface area contributed by atoms with Crippen LogP contribution in [0, 0.1) is 5.92 Å². The van der Waals surface area contributed by atoms with Crippen LogP contribution in [0.15, 0.2) is 24.3 Å². The number of ether oxygens (including phenoxy) is 1. The zero-order valence-corrected chi connectivity index (χ0v) is 13.6. The van der Waals surface area contributed by atoms with Crippen LogP contribution in [0.5, 0.6) is 5.75 Å². The van der Waals surface area contributed by atoms with E-state index in [1.165, 1.54) is 0 Å². The first-order valence-corrected chi connectivity index (χ1v) is 8.56. The molecule has 3 heterocycles. The Morgan fingerprint density at radius 1 is 1.12 bits per heavy atom. The largest absolute Gasteiger partial charge is 0.508 e. The zero-order chi connectivity index (χ0) is 16.7. The Labute approximate surface area is 141 Å². The molecule has 0 radical (unpaired) electrons. The van der Waals surface area contributed by atoms with Crippen LogP contribution < -0.4 is 0 Å². The number of ketones is 1. The molecule has 128 valence electrons. The maximum absolute atomic E-state index is 12.7. The van der Waals surface area contributed by atoms with Crippen LogP contribution in [0.3, 0.4) is 0 Å². The molecule has 1 N–H and O–H groups in total. The molecule has 1 aromatic carbocycles. The third-order valence-electron chi connectivity index (χ3n) is 5.40. The van der Waals surface area contributed by atoms with Gasteiger partial charge in [0.1, 0.15) is 12.4 Å². The number of hydrogen-bond donors (Lipinski definition) is 1. The topological polar surface area (TPSA) is 70.1 Å². The van der Waals surface area contributed by atoms with Gasteiger partial charge >= 0.3 is 6.03 Å². The number of phenols is 1. The van der Waals surface area contributed by atoms with E-state index in [9.17, 15) is 14.7 Å². The molecule has 6 nitrogen and oxygen atoms in total. The third-order valence-corrected chi connectivity index (χ3v) is 5.40. The standard InChI is InChI=1S/C18H22N2O4/c21-15-3-1-12(2-4-15)14-9-20(10-14)18(23)19-6-5-17-13(8-19)7-16(22)11-24-17/h1-4,13-14,17,21H,5-11H2/t13-,17+/m1/s1. The van der Waals surface area contributed by atoms with Gasteiger partial charge in [-0.05, 0) is 24.1 Å². The molecule has 0 bridgehead atoms. The molecule has 2 atom stereocenters. The monoisotopic (exact) mass is 330 g/mol. The van der Waals surface area contributed by atoms with Crippen LogP contribution in [0.4, 0.5) is 4.79 Å². The fraction of sp³-hybridized carbons (Fsp3) is 0.556. The van der Waals surface area contributed by atoms with Gasteiger partial charge in [0.15, 0.2) is 5.78 Å². The SMILES string of the molecule is O=C1CO[C@H]2CCN(C(=O)N3CC(c4ccc(O)cc4)C3)C[C@H]2C1. The van der Waals surface area contributed by atoms with Gasteiger partial charge in [-0.15, -0.1) is 0 Å². The number of likely N-dealkylation sites (tertiary alicyclic amines) is 2. The average Bonchev–Trinajstić information content (AvgIpc) is 2.54. The minimum Gasteiger partial charge on any atom is -0.508 e. The van der Waals surface area contributed by atoms with Crippen molar-refractivity contribution in [2.75, 3.05) is 32.8 Å². The van der Waals surface area contributed by atoms with Crippen LogP contribution in [-0.2, 0) is 9.53 Å². The molecule has 3 saturated heterocycles. The molecule has 0 spiro atoms. The van der Waals surface area contributed by atoms with Gasteiger partial charge < -0.3 is 19.6 Å². The van der Waals surface area contributed by atoms with Crippen molar-refractivity contribution in [1.82, 2.24) is 9.80 Å². The maximum Gasteiger partial charge on any atom is 0.320 e. The number of aromatic hydroxyl groups is 1. The molecular formula is C18H22N2O4. The second-order valence-corrected chi connectivity index (χ2v) is 7.06. The van der Waals surface area contributed by atoms with Crippen molar-refractivity contribution in [2.45, 2.75) is 24.9 Å². The molecule has 4 rings (SSSR count). The molecule has 3 fully saturated rings.